The van der Waals surface area contributed by atoms with Crippen molar-refractivity contribution in [2.24, 2.45) is 5.14 Å². The zero-order chi connectivity index (χ0) is 14.2. The lowest BCUT2D eigenvalue weighted by molar-refractivity contribution is -0.136. The lowest BCUT2D eigenvalue weighted by Gasteiger charge is -2.14. The third-order valence-electron chi connectivity index (χ3n) is 2.90. The number of nitrogens with two attached hydrogens (primary N) is 1. The Morgan fingerprint density at radius 1 is 1.32 bits per heavy atom. The summed E-state index contributed by atoms with van der Waals surface area (Å²) in [5.41, 5.74) is 0.214. The Morgan fingerprint density at radius 3 is 2.47 bits per heavy atom. The predicted molar refractivity (Wildman–Crippen MR) is 67.6 cm³/mol. The minimum Gasteiger partial charge on any atom is -0.372 e. The molecule has 1 aliphatic heterocycles. The highest BCUT2D eigenvalue weighted by Crippen LogP contribution is 2.23. The van der Waals surface area contributed by atoms with Crippen molar-refractivity contribution in [2.45, 2.75) is 17.4 Å². The molecule has 2 rings (SSSR count). The molecular formula is C11H13N3O4S. The Kier molecular flexibility index (Phi) is 3.29. The van der Waals surface area contributed by atoms with Crippen LogP contribution in [0.4, 0.5) is 5.69 Å². The summed E-state index contributed by atoms with van der Waals surface area (Å²) in [6.45, 7) is 0. The summed E-state index contributed by atoms with van der Waals surface area (Å²) in [5, 5.41) is 7.85. The van der Waals surface area contributed by atoms with Gasteiger partial charge in [-0.1, -0.05) is 12.1 Å². The second-order valence-corrected chi connectivity index (χ2v) is 5.76. The number of rotatable bonds is 3. The van der Waals surface area contributed by atoms with Crippen LogP contribution in [0.5, 0.6) is 0 Å². The van der Waals surface area contributed by atoms with Crippen LogP contribution in [0.25, 0.3) is 0 Å². The van der Waals surface area contributed by atoms with Gasteiger partial charge >= 0.3 is 0 Å². The van der Waals surface area contributed by atoms with Gasteiger partial charge in [-0.25, -0.2) is 13.6 Å². The number of nitrogens with one attached hydrogen (secondary N) is 1. The van der Waals surface area contributed by atoms with Crippen LogP contribution in [-0.4, -0.2) is 38.2 Å². The van der Waals surface area contributed by atoms with Crippen molar-refractivity contribution in [3.05, 3.63) is 24.3 Å². The number of sulfonamides is 1. The van der Waals surface area contributed by atoms with Crippen LogP contribution < -0.4 is 10.5 Å². The molecule has 1 saturated heterocycles. The van der Waals surface area contributed by atoms with E-state index in [-0.39, 0.29) is 22.9 Å². The Hall–Kier alpha value is -1.93. The highest BCUT2D eigenvalue weighted by molar-refractivity contribution is 7.89. The van der Waals surface area contributed by atoms with Gasteiger partial charge in [0.2, 0.25) is 15.9 Å². The standard InChI is InChI=1S/C11H13N3O4S/c1-14-10(15)6-8(11(14)16)13-7-4-2-3-5-9(7)19(12,17)18/h2-5,8,13H,6H2,1H3,(H2,12,17,18). The zero-order valence-electron chi connectivity index (χ0n) is 10.2. The maximum Gasteiger partial charge on any atom is 0.251 e. The average molecular weight is 283 g/mol. The van der Waals surface area contributed by atoms with Gasteiger partial charge in [0.1, 0.15) is 10.9 Å². The molecule has 1 atom stereocenters. The van der Waals surface area contributed by atoms with Crippen molar-refractivity contribution in [3.63, 3.8) is 0 Å². The number of primary sulfonamides is 1. The first-order valence-electron chi connectivity index (χ1n) is 5.49. The quantitative estimate of drug-likeness (QED) is 0.727. The number of hydrogen-bond donors (Lipinski definition) is 2. The van der Waals surface area contributed by atoms with E-state index < -0.39 is 22.0 Å². The van der Waals surface area contributed by atoms with Gasteiger partial charge in [-0.05, 0) is 12.1 Å². The number of benzene rings is 1. The summed E-state index contributed by atoms with van der Waals surface area (Å²) in [7, 11) is -2.51. The van der Waals surface area contributed by atoms with Gasteiger partial charge in [-0.15, -0.1) is 0 Å². The average Bonchev–Trinajstić information content (AvgIpc) is 2.56. The van der Waals surface area contributed by atoms with Crippen LogP contribution in [-0.2, 0) is 19.6 Å². The number of nitrogens with zero attached hydrogens (tertiary/aromatic N) is 1. The third-order valence-corrected chi connectivity index (χ3v) is 3.87. The number of carbonyl (C=O) groups excluding carboxylic acids is 2. The number of para-hydroxylation sites is 1. The minimum absolute atomic E-state index is 0.00567. The molecule has 0 aromatic heterocycles. The Bertz CT molecular complexity index is 641. The SMILES string of the molecule is CN1C(=O)CC(Nc2ccccc2S(N)(=O)=O)C1=O. The molecule has 102 valence electrons. The topological polar surface area (TPSA) is 110 Å². The first kappa shape index (κ1) is 13.5. The fraction of sp³-hybridized carbons (Fsp3) is 0.273. The van der Waals surface area contributed by atoms with Crippen LogP contribution in [0.15, 0.2) is 29.2 Å². The van der Waals surface area contributed by atoms with Crippen molar-refractivity contribution in [1.82, 2.24) is 4.90 Å². The Balaban J connectivity index is 2.31. The number of hydrogen-bond acceptors (Lipinski definition) is 5. The maximum atomic E-state index is 11.7. The first-order chi connectivity index (χ1) is 8.80. The van der Waals surface area contributed by atoms with Crippen LogP contribution in [0.3, 0.4) is 0 Å². The zero-order valence-corrected chi connectivity index (χ0v) is 11.0. The van der Waals surface area contributed by atoms with E-state index >= 15 is 0 Å². The summed E-state index contributed by atoms with van der Waals surface area (Å²) in [4.78, 5) is 24.0. The van der Waals surface area contributed by atoms with Crippen LogP contribution in [0, 0.1) is 0 Å². The molecule has 1 aliphatic rings. The molecule has 1 aromatic rings. The molecule has 0 radical (unpaired) electrons. The normalized spacial score (nSPS) is 19.9. The van der Waals surface area contributed by atoms with E-state index in [1.54, 1.807) is 6.07 Å². The van der Waals surface area contributed by atoms with Gasteiger partial charge in [0.15, 0.2) is 0 Å². The van der Waals surface area contributed by atoms with E-state index in [0.717, 1.165) is 4.90 Å². The highest BCUT2D eigenvalue weighted by atomic mass is 32.2. The molecule has 1 fully saturated rings. The molecule has 0 saturated carbocycles. The molecular weight excluding hydrogens is 270 g/mol. The molecule has 0 bridgehead atoms. The summed E-state index contributed by atoms with van der Waals surface area (Å²) in [6.07, 6.45) is -0.00567. The second kappa shape index (κ2) is 4.63. The van der Waals surface area contributed by atoms with Crippen molar-refractivity contribution >= 4 is 27.5 Å². The second-order valence-electron chi connectivity index (χ2n) is 4.23. The summed E-state index contributed by atoms with van der Waals surface area (Å²) < 4.78 is 22.8. The molecule has 1 heterocycles. The number of likely N-dealkylation sites (N-methyl/N-ethyl adjacent to an activating group) is 1. The van der Waals surface area contributed by atoms with Crippen LogP contribution in [0.1, 0.15) is 6.42 Å². The molecule has 0 aliphatic carbocycles. The van der Waals surface area contributed by atoms with E-state index in [0.29, 0.717) is 0 Å². The number of likely N-dealkylation sites (tertiary alicyclic amines) is 1. The van der Waals surface area contributed by atoms with Gasteiger partial charge in [0, 0.05) is 7.05 Å². The van der Waals surface area contributed by atoms with Crippen molar-refractivity contribution in [3.8, 4) is 0 Å². The van der Waals surface area contributed by atoms with E-state index in [9.17, 15) is 18.0 Å². The number of anilines is 1. The molecule has 1 aromatic carbocycles. The predicted octanol–water partition coefficient (Wildman–Crippen LogP) is -0.497. The fourth-order valence-electron chi connectivity index (χ4n) is 1.89. The molecule has 7 nitrogen and oxygen atoms in total. The fourth-order valence-corrected chi connectivity index (χ4v) is 2.59. The Labute approximate surface area is 110 Å². The van der Waals surface area contributed by atoms with Gasteiger partial charge < -0.3 is 5.32 Å². The van der Waals surface area contributed by atoms with Gasteiger partial charge in [0.25, 0.3) is 5.91 Å². The molecule has 3 N–H and O–H groups in total. The lowest BCUT2D eigenvalue weighted by atomic mass is 10.2. The van der Waals surface area contributed by atoms with E-state index in [1.165, 1.54) is 25.2 Å². The minimum atomic E-state index is -3.89. The van der Waals surface area contributed by atoms with E-state index in [4.69, 9.17) is 5.14 Å². The first-order valence-corrected chi connectivity index (χ1v) is 7.04. The smallest absolute Gasteiger partial charge is 0.251 e. The molecule has 2 amide bonds. The van der Waals surface area contributed by atoms with Crippen LogP contribution >= 0.6 is 0 Å². The van der Waals surface area contributed by atoms with Gasteiger partial charge in [0.05, 0.1) is 12.1 Å². The monoisotopic (exact) mass is 283 g/mol. The van der Waals surface area contributed by atoms with E-state index in [1.807, 2.05) is 0 Å². The third kappa shape index (κ3) is 2.59. The Morgan fingerprint density at radius 2 is 1.95 bits per heavy atom. The lowest BCUT2D eigenvalue weighted by Crippen LogP contribution is -2.32. The summed E-state index contributed by atoms with van der Waals surface area (Å²) in [6, 6.07) is 5.21. The summed E-state index contributed by atoms with van der Waals surface area (Å²) in [5.74, 6) is -0.704. The van der Waals surface area contributed by atoms with Crippen molar-refractivity contribution in [2.75, 3.05) is 12.4 Å². The molecule has 8 heteroatoms. The van der Waals surface area contributed by atoms with Crippen LogP contribution in [0.2, 0.25) is 0 Å². The van der Waals surface area contributed by atoms with Crippen molar-refractivity contribution in [1.29, 1.82) is 0 Å². The van der Waals surface area contributed by atoms with Gasteiger partial charge in [-0.2, -0.15) is 0 Å². The van der Waals surface area contributed by atoms with E-state index in [2.05, 4.69) is 5.32 Å². The molecule has 1 unspecified atom stereocenters. The molecule has 0 spiro atoms. The maximum absolute atomic E-state index is 11.7. The number of imide groups is 1. The largest absolute Gasteiger partial charge is 0.372 e. The van der Waals surface area contributed by atoms with Crippen molar-refractivity contribution < 1.29 is 18.0 Å². The van der Waals surface area contributed by atoms with Gasteiger partial charge in [-0.3, -0.25) is 14.5 Å². The number of amides is 2. The highest BCUT2D eigenvalue weighted by Gasteiger charge is 2.36. The number of carbonyl (C=O) groups is 2. The molecule has 19 heavy (non-hydrogen) atoms. The summed E-state index contributed by atoms with van der Waals surface area (Å²) >= 11 is 0.